The maximum atomic E-state index is 12.6. The number of nitrogens with one attached hydrogen (secondary N) is 1. The Labute approximate surface area is 148 Å². The molecule has 0 saturated carbocycles. The van der Waals surface area contributed by atoms with Gasteiger partial charge in [-0.3, -0.25) is 9.69 Å². The Morgan fingerprint density at radius 1 is 1.40 bits per heavy atom. The van der Waals surface area contributed by atoms with E-state index in [0.29, 0.717) is 24.4 Å². The molecule has 1 saturated heterocycles. The van der Waals surface area contributed by atoms with E-state index in [1.54, 1.807) is 45.0 Å². The zero-order chi connectivity index (χ0) is 18.4. The molecule has 25 heavy (non-hydrogen) atoms. The van der Waals surface area contributed by atoms with Crippen molar-refractivity contribution in [1.82, 2.24) is 4.90 Å². The monoisotopic (exact) mass is 344 g/mol. The summed E-state index contributed by atoms with van der Waals surface area (Å²) in [4.78, 5) is 26.4. The van der Waals surface area contributed by atoms with E-state index >= 15 is 0 Å². The number of ether oxygens (including phenoxy) is 2. The number of carbonyl (C=O) groups is 2. The van der Waals surface area contributed by atoms with Gasteiger partial charge in [0.05, 0.1) is 0 Å². The van der Waals surface area contributed by atoms with Gasteiger partial charge in [0, 0.05) is 18.3 Å². The molecule has 1 heterocycles. The maximum absolute atomic E-state index is 12.6. The van der Waals surface area contributed by atoms with Crippen LogP contribution >= 0.6 is 0 Å². The minimum atomic E-state index is -0.594. The molecule has 1 aromatic rings. The summed E-state index contributed by atoms with van der Waals surface area (Å²) < 4.78 is 10.7. The quantitative estimate of drug-likeness (QED) is 0.853. The topological polar surface area (TPSA) is 67.9 Å². The van der Waals surface area contributed by atoms with Crippen molar-refractivity contribution >= 4 is 17.7 Å². The first kappa shape index (κ1) is 18.7. The Hall–Kier alpha value is -2.68. The van der Waals surface area contributed by atoms with E-state index in [1.165, 1.54) is 4.90 Å². The van der Waals surface area contributed by atoms with Crippen molar-refractivity contribution in [3.8, 4) is 18.1 Å². The number of anilines is 1. The van der Waals surface area contributed by atoms with Gasteiger partial charge in [-0.2, -0.15) is 0 Å². The van der Waals surface area contributed by atoms with Crippen LogP contribution in [0, 0.1) is 12.3 Å². The lowest BCUT2D eigenvalue weighted by molar-refractivity contribution is -0.120. The zero-order valence-corrected chi connectivity index (χ0v) is 14.9. The van der Waals surface area contributed by atoms with Gasteiger partial charge in [-0.1, -0.05) is 12.0 Å². The van der Waals surface area contributed by atoms with E-state index in [1.807, 2.05) is 0 Å². The molecule has 1 atom stereocenters. The molecule has 1 aliphatic rings. The molecule has 0 aromatic heterocycles. The minimum Gasteiger partial charge on any atom is -0.481 e. The fourth-order valence-corrected chi connectivity index (χ4v) is 2.59. The predicted octanol–water partition coefficient (Wildman–Crippen LogP) is 3.04. The number of terminal acetylenes is 1. The van der Waals surface area contributed by atoms with Crippen LogP contribution in [0.2, 0.25) is 0 Å². The Morgan fingerprint density at radius 2 is 2.16 bits per heavy atom. The van der Waals surface area contributed by atoms with Crippen molar-refractivity contribution in [2.24, 2.45) is 0 Å². The molecule has 1 N–H and O–H groups in total. The molecule has 6 nitrogen and oxygen atoms in total. The highest BCUT2D eigenvalue weighted by molar-refractivity contribution is 5.97. The van der Waals surface area contributed by atoms with Gasteiger partial charge in [0.2, 0.25) is 5.91 Å². The number of amides is 2. The Kier molecular flexibility index (Phi) is 5.92. The van der Waals surface area contributed by atoms with Crippen molar-refractivity contribution in [3.63, 3.8) is 0 Å². The third-order valence-corrected chi connectivity index (χ3v) is 3.61. The van der Waals surface area contributed by atoms with E-state index < -0.39 is 17.7 Å². The number of hydrogen-bond acceptors (Lipinski definition) is 4. The molecular formula is C19H24N2O4. The number of rotatable bonds is 4. The number of hydrogen-bond donors (Lipinski definition) is 1. The normalized spacial score (nSPS) is 16.9. The predicted molar refractivity (Wildman–Crippen MR) is 95.4 cm³/mol. The zero-order valence-electron chi connectivity index (χ0n) is 14.9. The van der Waals surface area contributed by atoms with Crippen LogP contribution in [0.5, 0.6) is 5.75 Å². The summed E-state index contributed by atoms with van der Waals surface area (Å²) in [7, 11) is 0. The van der Waals surface area contributed by atoms with E-state index in [0.717, 1.165) is 6.42 Å². The second-order valence-corrected chi connectivity index (χ2v) is 6.84. The van der Waals surface area contributed by atoms with Crippen LogP contribution in [-0.2, 0) is 9.53 Å². The van der Waals surface area contributed by atoms with Crippen molar-refractivity contribution in [1.29, 1.82) is 0 Å². The van der Waals surface area contributed by atoms with Crippen LogP contribution in [0.4, 0.5) is 10.5 Å². The molecule has 6 heteroatoms. The molecular weight excluding hydrogens is 320 g/mol. The van der Waals surface area contributed by atoms with E-state index in [-0.39, 0.29) is 12.5 Å². The van der Waals surface area contributed by atoms with Crippen LogP contribution in [0.25, 0.3) is 0 Å². The first-order chi connectivity index (χ1) is 11.8. The second-order valence-electron chi connectivity index (χ2n) is 6.84. The number of carbonyl (C=O) groups excluding carboxylic acids is 2. The molecule has 2 rings (SSSR count). The Balaban J connectivity index is 2.02. The highest BCUT2D eigenvalue weighted by Crippen LogP contribution is 2.23. The van der Waals surface area contributed by atoms with Crippen LogP contribution in [0.3, 0.4) is 0 Å². The third-order valence-electron chi connectivity index (χ3n) is 3.61. The molecule has 134 valence electrons. The average Bonchev–Trinajstić information content (AvgIpc) is 3.01. The lowest BCUT2D eigenvalue weighted by Crippen LogP contribution is -2.45. The van der Waals surface area contributed by atoms with Crippen molar-refractivity contribution in [2.45, 2.75) is 45.3 Å². The molecule has 1 aromatic carbocycles. The van der Waals surface area contributed by atoms with Gasteiger partial charge in [-0.25, -0.2) is 4.79 Å². The van der Waals surface area contributed by atoms with Crippen molar-refractivity contribution in [2.75, 3.05) is 18.5 Å². The third kappa shape index (κ3) is 5.42. The second kappa shape index (κ2) is 7.93. The largest absolute Gasteiger partial charge is 0.481 e. The SMILES string of the molecule is C#CCOc1cccc(NC(=O)[C@@H]2CCCN2C(=O)OC(C)(C)C)c1. The van der Waals surface area contributed by atoms with Crippen LogP contribution in [0.15, 0.2) is 24.3 Å². The van der Waals surface area contributed by atoms with Crippen LogP contribution < -0.4 is 10.1 Å². The Morgan fingerprint density at radius 3 is 2.84 bits per heavy atom. The molecule has 0 aliphatic carbocycles. The van der Waals surface area contributed by atoms with Gasteiger partial charge >= 0.3 is 6.09 Å². The minimum absolute atomic E-state index is 0.159. The van der Waals surface area contributed by atoms with E-state index in [9.17, 15) is 9.59 Å². The van der Waals surface area contributed by atoms with Gasteiger partial charge in [-0.15, -0.1) is 6.42 Å². The molecule has 1 fully saturated rings. The number of nitrogens with zero attached hydrogens (tertiary/aromatic N) is 1. The lowest BCUT2D eigenvalue weighted by Gasteiger charge is -2.28. The summed E-state index contributed by atoms with van der Waals surface area (Å²) in [5, 5.41) is 2.83. The molecule has 0 radical (unpaired) electrons. The lowest BCUT2D eigenvalue weighted by atomic mass is 10.2. The van der Waals surface area contributed by atoms with Gasteiger partial charge in [0.1, 0.15) is 24.0 Å². The van der Waals surface area contributed by atoms with Crippen LogP contribution in [-0.4, -0.2) is 41.7 Å². The molecule has 0 spiro atoms. The first-order valence-electron chi connectivity index (χ1n) is 8.27. The standard InChI is InChI=1S/C19H24N2O4/c1-5-12-24-15-9-6-8-14(13-15)20-17(22)16-10-7-11-21(16)18(23)25-19(2,3)4/h1,6,8-9,13,16H,7,10-12H2,2-4H3,(H,20,22)/t16-/m0/s1. The van der Waals surface area contributed by atoms with Crippen molar-refractivity contribution < 1.29 is 19.1 Å². The highest BCUT2D eigenvalue weighted by atomic mass is 16.6. The summed E-state index contributed by atoms with van der Waals surface area (Å²) in [6, 6.07) is 6.44. The molecule has 0 bridgehead atoms. The van der Waals surface area contributed by atoms with Gasteiger partial charge in [-0.05, 0) is 45.7 Å². The summed E-state index contributed by atoms with van der Waals surface area (Å²) in [5.74, 6) is 2.73. The van der Waals surface area contributed by atoms with Crippen molar-refractivity contribution in [3.05, 3.63) is 24.3 Å². The van der Waals surface area contributed by atoms with E-state index in [2.05, 4.69) is 11.2 Å². The van der Waals surface area contributed by atoms with E-state index in [4.69, 9.17) is 15.9 Å². The fraction of sp³-hybridized carbons (Fsp3) is 0.474. The average molecular weight is 344 g/mol. The summed E-state index contributed by atoms with van der Waals surface area (Å²) in [6.45, 7) is 6.08. The molecule has 1 aliphatic heterocycles. The van der Waals surface area contributed by atoms with Gasteiger partial charge in [0.25, 0.3) is 0 Å². The molecule has 2 amide bonds. The Bertz CT molecular complexity index is 673. The fourth-order valence-electron chi connectivity index (χ4n) is 2.59. The van der Waals surface area contributed by atoms with Crippen LogP contribution in [0.1, 0.15) is 33.6 Å². The highest BCUT2D eigenvalue weighted by Gasteiger charge is 2.36. The summed E-state index contributed by atoms with van der Waals surface area (Å²) in [6.07, 6.45) is 6.09. The number of benzene rings is 1. The first-order valence-corrected chi connectivity index (χ1v) is 8.27. The van der Waals surface area contributed by atoms with Gasteiger partial charge in [0.15, 0.2) is 0 Å². The maximum Gasteiger partial charge on any atom is 0.410 e. The molecule has 0 unspecified atom stereocenters. The summed E-state index contributed by atoms with van der Waals surface area (Å²) in [5.41, 5.74) is -0.000741. The number of likely N-dealkylation sites (tertiary alicyclic amines) is 1. The smallest absolute Gasteiger partial charge is 0.410 e. The summed E-state index contributed by atoms with van der Waals surface area (Å²) >= 11 is 0. The van der Waals surface area contributed by atoms with Gasteiger partial charge < -0.3 is 14.8 Å².